The van der Waals surface area contributed by atoms with Crippen LogP contribution in [0.5, 0.6) is 0 Å². The van der Waals surface area contributed by atoms with Gasteiger partial charge in [0.15, 0.2) is 0 Å². The first-order valence-corrected chi connectivity index (χ1v) is 6.63. The summed E-state index contributed by atoms with van der Waals surface area (Å²) >= 11 is 0. The number of carbonyl (C=O) groups excluding carboxylic acids is 1. The van der Waals surface area contributed by atoms with Crippen LogP contribution >= 0.6 is 0 Å². The maximum Gasteiger partial charge on any atom is 0.252 e. The Morgan fingerprint density at radius 2 is 2.19 bits per heavy atom. The average Bonchev–Trinajstić information content (AvgIpc) is 2.99. The topological polar surface area (TPSA) is 85.8 Å². The summed E-state index contributed by atoms with van der Waals surface area (Å²) in [5.74, 6) is 0.189. The lowest BCUT2D eigenvalue weighted by molar-refractivity contribution is 0.0954. The molecule has 3 rings (SSSR count). The predicted octanol–water partition coefficient (Wildman–Crippen LogP) is 1.44. The summed E-state index contributed by atoms with van der Waals surface area (Å²) in [6.45, 7) is 1.19. The van der Waals surface area contributed by atoms with Crippen LogP contribution in [0.2, 0.25) is 0 Å². The van der Waals surface area contributed by atoms with Crippen LogP contribution in [-0.2, 0) is 6.54 Å². The number of rotatable bonds is 4. The fourth-order valence-electron chi connectivity index (χ4n) is 2.20. The smallest absolute Gasteiger partial charge is 0.252 e. The summed E-state index contributed by atoms with van der Waals surface area (Å²) in [6.07, 6.45) is 5.27. The Balaban J connectivity index is 1.78. The highest BCUT2D eigenvalue weighted by molar-refractivity contribution is 6.06. The zero-order chi connectivity index (χ0) is 14.7. The van der Waals surface area contributed by atoms with Gasteiger partial charge < -0.3 is 15.6 Å². The number of pyridine rings is 1. The van der Waals surface area contributed by atoms with Crippen LogP contribution < -0.4 is 11.1 Å². The van der Waals surface area contributed by atoms with Crippen LogP contribution in [0.4, 0.5) is 5.82 Å². The number of hydrogen-bond acceptors (Lipinski definition) is 4. The molecule has 21 heavy (non-hydrogen) atoms. The van der Waals surface area contributed by atoms with Crippen molar-refractivity contribution in [3.63, 3.8) is 0 Å². The minimum Gasteiger partial charge on any atom is -0.384 e. The van der Waals surface area contributed by atoms with Crippen molar-refractivity contribution in [1.29, 1.82) is 0 Å². The molecule has 3 aromatic rings. The monoisotopic (exact) mass is 281 g/mol. The minimum atomic E-state index is -0.152. The van der Waals surface area contributed by atoms with E-state index in [0.717, 1.165) is 10.9 Å². The lowest BCUT2D eigenvalue weighted by Crippen LogP contribution is -2.27. The third kappa shape index (κ3) is 2.84. The molecule has 106 valence electrons. The van der Waals surface area contributed by atoms with E-state index in [0.29, 0.717) is 24.5 Å². The number of benzene rings is 1. The van der Waals surface area contributed by atoms with Gasteiger partial charge in [-0.1, -0.05) is 18.2 Å². The Bertz CT molecular complexity index is 767. The van der Waals surface area contributed by atoms with E-state index < -0.39 is 0 Å². The summed E-state index contributed by atoms with van der Waals surface area (Å²) in [6, 6.07) is 9.06. The zero-order valence-corrected chi connectivity index (χ0v) is 11.4. The van der Waals surface area contributed by atoms with Gasteiger partial charge >= 0.3 is 0 Å². The molecule has 0 saturated carbocycles. The highest BCUT2D eigenvalue weighted by atomic mass is 16.1. The Labute approximate surface area is 121 Å². The first kappa shape index (κ1) is 13.1. The molecule has 2 aromatic heterocycles. The molecule has 2 heterocycles. The van der Waals surface area contributed by atoms with Crippen molar-refractivity contribution >= 4 is 22.6 Å². The third-order valence-corrected chi connectivity index (χ3v) is 3.20. The summed E-state index contributed by atoms with van der Waals surface area (Å²) in [7, 11) is 0. The van der Waals surface area contributed by atoms with Gasteiger partial charge in [0.1, 0.15) is 5.82 Å². The largest absolute Gasteiger partial charge is 0.384 e. The number of para-hydroxylation sites is 1. The SMILES string of the molecule is Nc1cc(C(=O)NCCn2ccnc2)c2ccccc2n1. The Morgan fingerprint density at radius 1 is 1.33 bits per heavy atom. The molecular weight excluding hydrogens is 266 g/mol. The molecule has 6 heteroatoms. The van der Waals surface area contributed by atoms with Crippen molar-refractivity contribution in [3.8, 4) is 0 Å². The molecule has 6 nitrogen and oxygen atoms in total. The van der Waals surface area contributed by atoms with Crippen LogP contribution in [0.15, 0.2) is 49.1 Å². The fraction of sp³-hybridized carbons (Fsp3) is 0.133. The second-order valence-corrected chi connectivity index (χ2v) is 4.67. The van der Waals surface area contributed by atoms with Gasteiger partial charge in [0.05, 0.1) is 17.4 Å². The van der Waals surface area contributed by atoms with Gasteiger partial charge in [-0.25, -0.2) is 9.97 Å². The van der Waals surface area contributed by atoms with Crippen molar-refractivity contribution in [1.82, 2.24) is 19.9 Å². The van der Waals surface area contributed by atoms with Crippen molar-refractivity contribution in [2.24, 2.45) is 0 Å². The number of anilines is 1. The standard InChI is InChI=1S/C15H15N5O/c16-14-9-12(11-3-1-2-4-13(11)19-14)15(21)18-6-8-20-7-5-17-10-20/h1-5,7,9-10H,6,8H2,(H2,16,19)(H,18,21). The summed E-state index contributed by atoms with van der Waals surface area (Å²) in [5.41, 5.74) is 7.03. The van der Waals surface area contributed by atoms with E-state index in [1.807, 2.05) is 35.0 Å². The van der Waals surface area contributed by atoms with Crippen LogP contribution in [-0.4, -0.2) is 27.0 Å². The molecule has 0 atom stereocenters. The molecule has 0 fully saturated rings. The number of carbonyl (C=O) groups is 1. The van der Waals surface area contributed by atoms with Gasteiger partial charge in [-0.2, -0.15) is 0 Å². The molecule has 3 N–H and O–H groups in total. The molecule has 1 aromatic carbocycles. The van der Waals surface area contributed by atoms with Gasteiger partial charge in [-0.15, -0.1) is 0 Å². The van der Waals surface area contributed by atoms with Gasteiger partial charge in [0.25, 0.3) is 5.91 Å². The Kier molecular flexibility index (Phi) is 3.51. The molecule has 0 bridgehead atoms. The van der Waals surface area contributed by atoms with E-state index in [1.165, 1.54) is 0 Å². The molecule has 1 amide bonds. The average molecular weight is 281 g/mol. The normalized spacial score (nSPS) is 10.7. The van der Waals surface area contributed by atoms with E-state index in [9.17, 15) is 4.79 Å². The summed E-state index contributed by atoms with van der Waals surface area (Å²) < 4.78 is 1.90. The molecule has 0 radical (unpaired) electrons. The number of hydrogen-bond donors (Lipinski definition) is 2. The van der Waals surface area contributed by atoms with Gasteiger partial charge in [0, 0.05) is 30.9 Å². The van der Waals surface area contributed by atoms with E-state index >= 15 is 0 Å². The minimum absolute atomic E-state index is 0.152. The molecule has 0 saturated heterocycles. The second-order valence-electron chi connectivity index (χ2n) is 4.67. The highest BCUT2D eigenvalue weighted by Crippen LogP contribution is 2.19. The quantitative estimate of drug-likeness (QED) is 0.757. The number of nitrogens with one attached hydrogen (secondary N) is 1. The van der Waals surface area contributed by atoms with E-state index in [-0.39, 0.29) is 5.91 Å². The molecular formula is C15H15N5O. The number of nitrogens with zero attached hydrogens (tertiary/aromatic N) is 3. The van der Waals surface area contributed by atoms with Crippen LogP contribution in [0, 0.1) is 0 Å². The first-order valence-electron chi connectivity index (χ1n) is 6.63. The fourth-order valence-corrected chi connectivity index (χ4v) is 2.20. The summed E-state index contributed by atoms with van der Waals surface area (Å²) in [4.78, 5) is 20.5. The van der Waals surface area contributed by atoms with Gasteiger partial charge in [-0.05, 0) is 12.1 Å². The van der Waals surface area contributed by atoms with Crippen molar-refractivity contribution in [2.75, 3.05) is 12.3 Å². The predicted molar refractivity (Wildman–Crippen MR) is 80.7 cm³/mol. The van der Waals surface area contributed by atoms with Crippen molar-refractivity contribution < 1.29 is 4.79 Å². The van der Waals surface area contributed by atoms with Crippen LogP contribution in [0.3, 0.4) is 0 Å². The van der Waals surface area contributed by atoms with Crippen LogP contribution in [0.25, 0.3) is 10.9 Å². The third-order valence-electron chi connectivity index (χ3n) is 3.20. The second kappa shape index (κ2) is 5.62. The molecule has 0 aliphatic rings. The molecule has 0 unspecified atom stereocenters. The van der Waals surface area contributed by atoms with Crippen molar-refractivity contribution in [2.45, 2.75) is 6.54 Å². The molecule has 0 aliphatic carbocycles. The Morgan fingerprint density at radius 3 is 3.00 bits per heavy atom. The van der Waals surface area contributed by atoms with E-state index in [4.69, 9.17) is 5.73 Å². The number of aromatic nitrogens is 3. The lowest BCUT2D eigenvalue weighted by atomic mass is 10.1. The maximum absolute atomic E-state index is 12.3. The number of imidazole rings is 1. The highest BCUT2D eigenvalue weighted by Gasteiger charge is 2.11. The number of nitrogen functional groups attached to an aromatic ring is 1. The lowest BCUT2D eigenvalue weighted by Gasteiger charge is -2.09. The molecule has 0 aliphatic heterocycles. The Hall–Kier alpha value is -2.89. The maximum atomic E-state index is 12.3. The van der Waals surface area contributed by atoms with Crippen molar-refractivity contribution in [3.05, 3.63) is 54.6 Å². The molecule has 0 spiro atoms. The van der Waals surface area contributed by atoms with E-state index in [2.05, 4.69) is 15.3 Å². The summed E-state index contributed by atoms with van der Waals surface area (Å²) in [5, 5.41) is 3.68. The number of fused-ring (bicyclic) bond motifs is 1. The van der Waals surface area contributed by atoms with Gasteiger partial charge in [-0.3, -0.25) is 4.79 Å². The number of nitrogens with two attached hydrogens (primary N) is 1. The van der Waals surface area contributed by atoms with Gasteiger partial charge in [0.2, 0.25) is 0 Å². The zero-order valence-electron chi connectivity index (χ0n) is 11.4. The first-order chi connectivity index (χ1) is 10.2. The van der Waals surface area contributed by atoms with Crippen LogP contribution in [0.1, 0.15) is 10.4 Å². The van der Waals surface area contributed by atoms with E-state index in [1.54, 1.807) is 18.6 Å². The number of amides is 1.